The highest BCUT2D eigenvalue weighted by atomic mass is 16.2. The van der Waals surface area contributed by atoms with E-state index in [2.05, 4.69) is 5.32 Å². The molecule has 0 saturated carbocycles. The molecule has 1 N–H and O–H groups in total. The fraction of sp³-hybridized carbons (Fsp3) is 0.190. The van der Waals surface area contributed by atoms with Gasteiger partial charge in [0.15, 0.2) is 0 Å². The lowest BCUT2D eigenvalue weighted by Crippen LogP contribution is -2.30. The lowest BCUT2D eigenvalue weighted by atomic mass is 10.0. The summed E-state index contributed by atoms with van der Waals surface area (Å²) in [5.74, 6) is -0.854. The van der Waals surface area contributed by atoms with Gasteiger partial charge in [-0.15, -0.1) is 0 Å². The molecule has 1 unspecified atom stereocenters. The van der Waals surface area contributed by atoms with Crippen LogP contribution in [-0.4, -0.2) is 18.4 Å². The average Bonchev–Trinajstić information content (AvgIpc) is 2.95. The fourth-order valence-electron chi connectivity index (χ4n) is 3.15. The second-order valence-corrected chi connectivity index (χ2v) is 6.03. The van der Waals surface area contributed by atoms with Crippen LogP contribution in [0.4, 0.5) is 5.69 Å². The van der Waals surface area contributed by atoms with E-state index in [9.17, 15) is 14.9 Å². The fourth-order valence-corrected chi connectivity index (χ4v) is 3.15. The second-order valence-electron chi connectivity index (χ2n) is 6.03. The highest BCUT2D eigenvalue weighted by Gasteiger charge is 2.35. The van der Waals surface area contributed by atoms with E-state index in [0.717, 1.165) is 11.3 Å². The number of nitriles is 1. The topological polar surface area (TPSA) is 73.2 Å². The highest BCUT2D eigenvalue weighted by molar-refractivity contribution is 6.37. The van der Waals surface area contributed by atoms with E-state index in [0.29, 0.717) is 12.1 Å². The Bertz CT molecular complexity index is 926. The van der Waals surface area contributed by atoms with Crippen LogP contribution in [0.25, 0.3) is 5.57 Å². The molecule has 1 aliphatic heterocycles. The maximum Gasteiger partial charge on any atom is 0.263 e. The summed E-state index contributed by atoms with van der Waals surface area (Å²) in [5, 5.41) is 12.4. The molecule has 0 radical (unpaired) electrons. The smallest absolute Gasteiger partial charge is 0.263 e. The molecular formula is C21H19N3O2. The summed E-state index contributed by atoms with van der Waals surface area (Å²) in [5.41, 5.74) is 2.30. The molecule has 5 nitrogen and oxygen atoms in total. The van der Waals surface area contributed by atoms with Crippen molar-refractivity contribution in [1.82, 2.24) is 5.32 Å². The number of anilines is 1. The van der Waals surface area contributed by atoms with Crippen molar-refractivity contribution in [3.05, 3.63) is 71.3 Å². The number of amides is 2. The first-order valence-electron chi connectivity index (χ1n) is 8.50. The average molecular weight is 345 g/mol. The summed E-state index contributed by atoms with van der Waals surface area (Å²) in [6.45, 7) is 4.18. The maximum absolute atomic E-state index is 12.8. The van der Waals surface area contributed by atoms with Crippen molar-refractivity contribution in [1.29, 1.82) is 5.26 Å². The third-order valence-electron chi connectivity index (χ3n) is 4.48. The van der Waals surface area contributed by atoms with E-state index in [4.69, 9.17) is 0 Å². The van der Waals surface area contributed by atoms with Crippen LogP contribution in [0.3, 0.4) is 0 Å². The van der Waals surface area contributed by atoms with Crippen LogP contribution in [0, 0.1) is 11.3 Å². The van der Waals surface area contributed by atoms with Gasteiger partial charge in [0, 0.05) is 12.1 Å². The van der Waals surface area contributed by atoms with Gasteiger partial charge >= 0.3 is 0 Å². The van der Waals surface area contributed by atoms with Crippen molar-refractivity contribution in [2.45, 2.75) is 19.9 Å². The SMILES string of the molecule is CCN1C(=O)C(=C(C#N)C(=O)NC(C)c2ccccc2)c2ccccc21. The molecule has 0 saturated heterocycles. The molecule has 0 aromatic heterocycles. The molecule has 1 aliphatic rings. The Morgan fingerprint density at radius 2 is 1.81 bits per heavy atom. The van der Waals surface area contributed by atoms with E-state index in [-0.39, 0.29) is 23.1 Å². The van der Waals surface area contributed by atoms with Crippen molar-refractivity contribution in [3.63, 3.8) is 0 Å². The molecule has 5 heteroatoms. The Morgan fingerprint density at radius 3 is 2.46 bits per heavy atom. The van der Waals surface area contributed by atoms with Gasteiger partial charge in [0.05, 0.1) is 17.3 Å². The number of benzene rings is 2. The molecule has 1 heterocycles. The number of hydrogen-bond acceptors (Lipinski definition) is 3. The van der Waals surface area contributed by atoms with E-state index in [1.165, 1.54) is 0 Å². The third kappa shape index (κ3) is 2.98. The predicted molar refractivity (Wildman–Crippen MR) is 100 cm³/mol. The van der Waals surface area contributed by atoms with Gasteiger partial charge in [-0.2, -0.15) is 5.26 Å². The van der Waals surface area contributed by atoms with Gasteiger partial charge in [-0.25, -0.2) is 0 Å². The number of likely N-dealkylation sites (N-methyl/N-ethyl adjacent to an activating group) is 1. The predicted octanol–water partition coefficient (Wildman–Crippen LogP) is 3.21. The van der Waals surface area contributed by atoms with Crippen molar-refractivity contribution in [2.75, 3.05) is 11.4 Å². The highest BCUT2D eigenvalue weighted by Crippen LogP contribution is 2.38. The lowest BCUT2D eigenvalue weighted by molar-refractivity contribution is -0.118. The Balaban J connectivity index is 1.98. The minimum atomic E-state index is -0.542. The van der Waals surface area contributed by atoms with Crippen LogP contribution in [0.1, 0.15) is 31.0 Å². The Hall–Kier alpha value is -3.39. The monoisotopic (exact) mass is 345 g/mol. The molecule has 3 rings (SSSR count). The first kappa shape index (κ1) is 17.4. The number of carbonyl (C=O) groups is 2. The van der Waals surface area contributed by atoms with Crippen LogP contribution in [0.2, 0.25) is 0 Å². The van der Waals surface area contributed by atoms with E-state index < -0.39 is 5.91 Å². The Morgan fingerprint density at radius 1 is 1.15 bits per heavy atom. The first-order chi connectivity index (χ1) is 12.6. The number of carbonyl (C=O) groups excluding carboxylic acids is 2. The van der Waals surface area contributed by atoms with Gasteiger partial charge in [0.1, 0.15) is 11.6 Å². The molecule has 26 heavy (non-hydrogen) atoms. The normalized spacial score (nSPS) is 15.9. The maximum atomic E-state index is 12.8. The summed E-state index contributed by atoms with van der Waals surface area (Å²) in [4.78, 5) is 27.1. The number of nitrogens with zero attached hydrogens (tertiary/aromatic N) is 2. The van der Waals surface area contributed by atoms with Gasteiger partial charge in [-0.05, 0) is 25.5 Å². The van der Waals surface area contributed by atoms with Gasteiger partial charge in [-0.1, -0.05) is 48.5 Å². The first-order valence-corrected chi connectivity index (χ1v) is 8.50. The molecule has 0 spiro atoms. The van der Waals surface area contributed by atoms with Crippen molar-refractivity contribution in [2.24, 2.45) is 0 Å². The second kappa shape index (κ2) is 7.24. The van der Waals surface area contributed by atoms with Crippen LogP contribution in [0.15, 0.2) is 60.2 Å². The van der Waals surface area contributed by atoms with Crippen molar-refractivity contribution < 1.29 is 9.59 Å². The van der Waals surface area contributed by atoms with Crippen LogP contribution in [0.5, 0.6) is 0 Å². The standard InChI is InChI=1S/C21H19N3O2/c1-3-24-18-12-8-7-11-16(18)19(21(24)26)17(13-22)20(25)23-14(2)15-9-5-4-6-10-15/h4-12,14H,3H2,1-2H3,(H,23,25). The van der Waals surface area contributed by atoms with Gasteiger partial charge in [0.2, 0.25) is 0 Å². The molecule has 0 fully saturated rings. The minimum Gasteiger partial charge on any atom is -0.345 e. The minimum absolute atomic E-state index is 0.152. The van der Waals surface area contributed by atoms with Crippen molar-refractivity contribution >= 4 is 23.1 Å². The summed E-state index contributed by atoms with van der Waals surface area (Å²) in [6.07, 6.45) is 0. The number of nitrogens with one attached hydrogen (secondary N) is 1. The third-order valence-corrected chi connectivity index (χ3v) is 4.48. The number of para-hydroxylation sites is 1. The van der Waals surface area contributed by atoms with Crippen molar-refractivity contribution in [3.8, 4) is 6.07 Å². The number of hydrogen-bond donors (Lipinski definition) is 1. The molecule has 2 aromatic rings. The van der Waals surface area contributed by atoms with Crippen LogP contribution >= 0.6 is 0 Å². The Labute approximate surface area is 152 Å². The van der Waals surface area contributed by atoms with Gasteiger partial charge in [0.25, 0.3) is 11.8 Å². The van der Waals surface area contributed by atoms with Crippen LogP contribution in [-0.2, 0) is 9.59 Å². The lowest BCUT2D eigenvalue weighted by Gasteiger charge is -2.15. The largest absolute Gasteiger partial charge is 0.345 e. The summed E-state index contributed by atoms with van der Waals surface area (Å²) in [7, 11) is 0. The zero-order chi connectivity index (χ0) is 18.7. The number of rotatable bonds is 4. The zero-order valence-corrected chi connectivity index (χ0v) is 14.7. The quantitative estimate of drug-likeness (QED) is 0.683. The summed E-state index contributed by atoms with van der Waals surface area (Å²) < 4.78 is 0. The molecule has 0 aliphatic carbocycles. The molecule has 0 bridgehead atoms. The summed E-state index contributed by atoms with van der Waals surface area (Å²) in [6, 6.07) is 18.4. The summed E-state index contributed by atoms with van der Waals surface area (Å²) >= 11 is 0. The van der Waals surface area contributed by atoms with Gasteiger partial charge in [-0.3, -0.25) is 9.59 Å². The van der Waals surface area contributed by atoms with Crippen LogP contribution < -0.4 is 10.2 Å². The zero-order valence-electron chi connectivity index (χ0n) is 14.7. The number of fused-ring (bicyclic) bond motifs is 1. The Kier molecular flexibility index (Phi) is 4.85. The van der Waals surface area contributed by atoms with E-state index >= 15 is 0 Å². The van der Waals surface area contributed by atoms with E-state index in [1.54, 1.807) is 17.0 Å². The molecule has 130 valence electrons. The van der Waals surface area contributed by atoms with E-state index in [1.807, 2.05) is 62.4 Å². The van der Waals surface area contributed by atoms with Gasteiger partial charge < -0.3 is 10.2 Å². The molecule has 1 atom stereocenters. The molecule has 2 aromatic carbocycles. The molecule has 2 amide bonds. The molecular weight excluding hydrogens is 326 g/mol.